The number of rotatable bonds is 6. The Morgan fingerprint density at radius 2 is 2.11 bits per heavy atom. The van der Waals surface area contributed by atoms with Gasteiger partial charge in [0.15, 0.2) is 0 Å². The molecule has 5 heteroatoms. The Bertz CT molecular complexity index is 430. The van der Waals surface area contributed by atoms with E-state index in [1.165, 1.54) is 0 Å². The van der Waals surface area contributed by atoms with Gasteiger partial charge in [0.1, 0.15) is 5.84 Å². The molecule has 0 spiro atoms. The molecule has 1 aromatic rings. The number of methoxy groups -OCH3 is 1. The zero-order valence-electron chi connectivity index (χ0n) is 11.4. The highest BCUT2D eigenvalue weighted by molar-refractivity contribution is 5.97. The Balaban J connectivity index is 2.72. The van der Waals surface area contributed by atoms with Crippen LogP contribution in [0, 0.1) is 12.3 Å². The van der Waals surface area contributed by atoms with Crippen LogP contribution in [0.2, 0.25) is 0 Å². The number of nitrogen functional groups attached to an aromatic ring is 1. The standard InChI is InChI=1S/C13H21N3O2/c1-9-5-6-10(11(14)15)12(16-9)18-8-7-13(2,3)17-4/h5-6H,7-8H2,1-4H3,(H3,14,15). The third-order valence-electron chi connectivity index (χ3n) is 2.79. The minimum absolute atomic E-state index is 0.0384. The predicted molar refractivity (Wildman–Crippen MR) is 71.2 cm³/mol. The number of aryl methyl sites for hydroxylation is 1. The molecule has 0 bridgehead atoms. The summed E-state index contributed by atoms with van der Waals surface area (Å²) in [4.78, 5) is 4.26. The van der Waals surface area contributed by atoms with Gasteiger partial charge in [0.2, 0.25) is 5.88 Å². The summed E-state index contributed by atoms with van der Waals surface area (Å²) in [5.74, 6) is 0.373. The maximum Gasteiger partial charge on any atom is 0.224 e. The minimum atomic E-state index is -0.236. The van der Waals surface area contributed by atoms with Crippen LogP contribution in [0.3, 0.4) is 0 Å². The maximum absolute atomic E-state index is 7.47. The molecule has 18 heavy (non-hydrogen) atoms. The summed E-state index contributed by atoms with van der Waals surface area (Å²) >= 11 is 0. The fraction of sp³-hybridized carbons (Fsp3) is 0.538. The summed E-state index contributed by atoms with van der Waals surface area (Å²) in [5.41, 5.74) is 6.61. The molecular formula is C13H21N3O2. The lowest BCUT2D eigenvalue weighted by molar-refractivity contribution is 0.00506. The first-order valence-corrected chi connectivity index (χ1v) is 5.86. The molecule has 0 saturated carbocycles. The van der Waals surface area contributed by atoms with E-state index in [0.717, 1.165) is 12.1 Å². The van der Waals surface area contributed by atoms with Gasteiger partial charge in [0.25, 0.3) is 0 Å². The van der Waals surface area contributed by atoms with Crippen molar-refractivity contribution in [2.24, 2.45) is 5.73 Å². The van der Waals surface area contributed by atoms with Crippen molar-refractivity contribution in [1.82, 2.24) is 4.98 Å². The first-order chi connectivity index (χ1) is 8.35. The lowest BCUT2D eigenvalue weighted by Gasteiger charge is -2.22. The molecule has 0 aliphatic rings. The third kappa shape index (κ3) is 4.00. The van der Waals surface area contributed by atoms with E-state index in [0.29, 0.717) is 18.1 Å². The molecule has 5 nitrogen and oxygen atoms in total. The van der Waals surface area contributed by atoms with Crippen LogP contribution in [-0.2, 0) is 4.74 Å². The van der Waals surface area contributed by atoms with Gasteiger partial charge in [-0.3, -0.25) is 5.41 Å². The normalized spacial score (nSPS) is 11.3. The van der Waals surface area contributed by atoms with E-state index in [1.807, 2.05) is 26.8 Å². The van der Waals surface area contributed by atoms with Gasteiger partial charge < -0.3 is 15.2 Å². The summed E-state index contributed by atoms with van der Waals surface area (Å²) in [7, 11) is 1.67. The molecule has 1 heterocycles. The van der Waals surface area contributed by atoms with Crippen LogP contribution in [0.15, 0.2) is 12.1 Å². The van der Waals surface area contributed by atoms with Gasteiger partial charge in [-0.15, -0.1) is 0 Å². The van der Waals surface area contributed by atoms with Crippen molar-refractivity contribution in [2.45, 2.75) is 32.8 Å². The van der Waals surface area contributed by atoms with Gasteiger partial charge in [-0.1, -0.05) is 0 Å². The number of aromatic nitrogens is 1. The van der Waals surface area contributed by atoms with Gasteiger partial charge in [-0.2, -0.15) is 0 Å². The number of nitrogens with one attached hydrogen (secondary N) is 1. The summed E-state index contributed by atoms with van der Waals surface area (Å²) in [5, 5.41) is 7.47. The molecule has 0 atom stereocenters. The Morgan fingerprint density at radius 1 is 1.44 bits per heavy atom. The van der Waals surface area contributed by atoms with Crippen molar-refractivity contribution in [3.63, 3.8) is 0 Å². The van der Waals surface area contributed by atoms with Crippen LogP contribution < -0.4 is 10.5 Å². The molecule has 0 fully saturated rings. The fourth-order valence-electron chi connectivity index (χ4n) is 1.34. The van der Waals surface area contributed by atoms with Crippen LogP contribution in [0.5, 0.6) is 5.88 Å². The highest BCUT2D eigenvalue weighted by Crippen LogP contribution is 2.18. The van der Waals surface area contributed by atoms with Gasteiger partial charge >= 0.3 is 0 Å². The zero-order chi connectivity index (χ0) is 13.8. The molecule has 1 rings (SSSR count). The van der Waals surface area contributed by atoms with Gasteiger partial charge in [-0.05, 0) is 32.9 Å². The SMILES string of the molecule is COC(C)(C)CCOc1nc(C)ccc1C(=N)N. The highest BCUT2D eigenvalue weighted by atomic mass is 16.5. The van der Waals surface area contributed by atoms with Gasteiger partial charge in [-0.25, -0.2) is 4.98 Å². The summed E-state index contributed by atoms with van der Waals surface area (Å²) in [6, 6.07) is 3.56. The van der Waals surface area contributed by atoms with Crippen LogP contribution in [0.4, 0.5) is 0 Å². The van der Waals surface area contributed by atoms with Crippen molar-refractivity contribution in [2.75, 3.05) is 13.7 Å². The molecule has 0 radical (unpaired) electrons. The van der Waals surface area contributed by atoms with Crippen LogP contribution in [0.25, 0.3) is 0 Å². The molecular weight excluding hydrogens is 230 g/mol. The number of nitrogens with zero attached hydrogens (tertiary/aromatic N) is 1. The molecule has 1 aromatic heterocycles. The Hall–Kier alpha value is -1.62. The van der Waals surface area contributed by atoms with E-state index in [1.54, 1.807) is 13.2 Å². The monoisotopic (exact) mass is 251 g/mol. The van der Waals surface area contributed by atoms with Crippen molar-refractivity contribution in [3.8, 4) is 5.88 Å². The van der Waals surface area contributed by atoms with E-state index in [-0.39, 0.29) is 11.4 Å². The highest BCUT2D eigenvalue weighted by Gasteiger charge is 2.17. The zero-order valence-corrected chi connectivity index (χ0v) is 11.4. The summed E-state index contributed by atoms with van der Waals surface area (Å²) in [6.07, 6.45) is 0.733. The molecule has 0 aliphatic carbocycles. The van der Waals surface area contributed by atoms with Gasteiger partial charge in [0, 0.05) is 19.2 Å². The number of amidine groups is 1. The van der Waals surface area contributed by atoms with Crippen molar-refractivity contribution >= 4 is 5.84 Å². The molecule has 0 amide bonds. The Kier molecular flexibility index (Phi) is 4.67. The van der Waals surface area contributed by atoms with Crippen molar-refractivity contribution in [1.29, 1.82) is 5.41 Å². The summed E-state index contributed by atoms with van der Waals surface area (Å²) in [6.45, 7) is 6.32. The van der Waals surface area contributed by atoms with Crippen molar-refractivity contribution in [3.05, 3.63) is 23.4 Å². The number of hydrogen-bond donors (Lipinski definition) is 2. The molecule has 100 valence electrons. The second kappa shape index (κ2) is 5.82. The second-order valence-electron chi connectivity index (χ2n) is 4.78. The first kappa shape index (κ1) is 14.4. The predicted octanol–water partition coefficient (Wildman–Crippen LogP) is 1.87. The third-order valence-corrected chi connectivity index (χ3v) is 2.79. The van der Waals surface area contributed by atoms with E-state index in [9.17, 15) is 0 Å². The van der Waals surface area contributed by atoms with Crippen molar-refractivity contribution < 1.29 is 9.47 Å². The number of ether oxygens (including phenoxy) is 2. The first-order valence-electron chi connectivity index (χ1n) is 5.86. The largest absolute Gasteiger partial charge is 0.477 e. The van der Waals surface area contributed by atoms with Crippen LogP contribution >= 0.6 is 0 Å². The average Bonchev–Trinajstić information content (AvgIpc) is 2.28. The number of hydrogen-bond acceptors (Lipinski definition) is 4. The molecule has 0 unspecified atom stereocenters. The maximum atomic E-state index is 7.47. The Morgan fingerprint density at radius 3 is 2.67 bits per heavy atom. The second-order valence-corrected chi connectivity index (χ2v) is 4.78. The van der Waals surface area contributed by atoms with E-state index >= 15 is 0 Å². The fourth-order valence-corrected chi connectivity index (χ4v) is 1.34. The molecule has 0 aromatic carbocycles. The lowest BCUT2D eigenvalue weighted by atomic mass is 10.1. The quantitative estimate of drug-likeness (QED) is 0.597. The molecule has 3 N–H and O–H groups in total. The average molecular weight is 251 g/mol. The number of pyridine rings is 1. The number of nitrogens with two attached hydrogens (primary N) is 1. The lowest BCUT2D eigenvalue weighted by Crippen LogP contribution is -2.25. The minimum Gasteiger partial charge on any atom is -0.477 e. The van der Waals surface area contributed by atoms with Gasteiger partial charge in [0.05, 0.1) is 17.8 Å². The van der Waals surface area contributed by atoms with E-state index in [2.05, 4.69) is 4.98 Å². The molecule has 0 aliphatic heterocycles. The topological polar surface area (TPSA) is 81.2 Å². The van der Waals surface area contributed by atoms with E-state index < -0.39 is 0 Å². The van der Waals surface area contributed by atoms with E-state index in [4.69, 9.17) is 20.6 Å². The van der Waals surface area contributed by atoms with Crippen LogP contribution in [0.1, 0.15) is 31.5 Å². The summed E-state index contributed by atoms with van der Waals surface area (Å²) < 4.78 is 10.9. The molecule has 0 saturated heterocycles. The Labute approximate surface area is 108 Å². The smallest absolute Gasteiger partial charge is 0.224 e. The van der Waals surface area contributed by atoms with Crippen LogP contribution in [-0.4, -0.2) is 30.1 Å².